The Morgan fingerprint density at radius 1 is 1.15 bits per heavy atom. The molecule has 0 heterocycles. The van der Waals surface area contributed by atoms with Gasteiger partial charge in [0.05, 0.1) is 6.10 Å². The first-order valence-electron chi connectivity index (χ1n) is 4.66. The average Bonchev–Trinajstić information content (AvgIpc) is 2.16. The van der Waals surface area contributed by atoms with Crippen molar-refractivity contribution in [3.8, 4) is 0 Å². The molecule has 72 valence electrons. The van der Waals surface area contributed by atoms with Crippen molar-refractivity contribution < 1.29 is 10.2 Å². The highest BCUT2D eigenvalue weighted by molar-refractivity contribution is 5.15. The van der Waals surface area contributed by atoms with Gasteiger partial charge in [0.25, 0.3) is 0 Å². The van der Waals surface area contributed by atoms with Crippen LogP contribution in [-0.2, 0) is 6.42 Å². The topological polar surface area (TPSA) is 40.5 Å². The second kappa shape index (κ2) is 5.73. The van der Waals surface area contributed by atoms with Crippen molar-refractivity contribution in [1.29, 1.82) is 0 Å². The highest BCUT2D eigenvalue weighted by Crippen LogP contribution is 2.06. The maximum Gasteiger partial charge on any atom is 0.0581 e. The maximum absolute atomic E-state index is 9.52. The van der Waals surface area contributed by atoms with Crippen molar-refractivity contribution in [2.45, 2.75) is 25.4 Å². The lowest BCUT2D eigenvalue weighted by Crippen LogP contribution is -2.10. The van der Waals surface area contributed by atoms with E-state index >= 15 is 0 Å². The zero-order valence-electron chi connectivity index (χ0n) is 7.69. The number of hydrogen-bond donors (Lipinski definition) is 2. The Morgan fingerprint density at radius 2 is 1.85 bits per heavy atom. The van der Waals surface area contributed by atoms with Crippen LogP contribution in [0, 0.1) is 0 Å². The summed E-state index contributed by atoms with van der Waals surface area (Å²) < 4.78 is 0. The van der Waals surface area contributed by atoms with Crippen LogP contribution in [0.1, 0.15) is 18.4 Å². The summed E-state index contributed by atoms with van der Waals surface area (Å²) in [5, 5.41) is 18.1. The molecule has 0 bridgehead atoms. The van der Waals surface area contributed by atoms with Crippen LogP contribution in [0.25, 0.3) is 0 Å². The normalized spacial score (nSPS) is 12.8. The van der Waals surface area contributed by atoms with Crippen LogP contribution in [0.15, 0.2) is 30.3 Å². The van der Waals surface area contributed by atoms with E-state index in [9.17, 15) is 5.11 Å². The molecular formula is C11H16O2. The lowest BCUT2D eigenvalue weighted by Gasteiger charge is -2.08. The Labute approximate surface area is 78.8 Å². The van der Waals surface area contributed by atoms with E-state index in [-0.39, 0.29) is 12.7 Å². The van der Waals surface area contributed by atoms with E-state index in [0.29, 0.717) is 19.3 Å². The van der Waals surface area contributed by atoms with Gasteiger partial charge in [-0.1, -0.05) is 30.3 Å². The Balaban J connectivity index is 2.32. The van der Waals surface area contributed by atoms with Crippen LogP contribution in [0.2, 0.25) is 0 Å². The van der Waals surface area contributed by atoms with Gasteiger partial charge in [-0.15, -0.1) is 0 Å². The minimum atomic E-state index is -0.324. The van der Waals surface area contributed by atoms with Crippen LogP contribution in [0.3, 0.4) is 0 Å². The highest BCUT2D eigenvalue weighted by Gasteiger charge is 2.03. The predicted octanol–water partition coefficient (Wildman–Crippen LogP) is 1.36. The second-order valence-electron chi connectivity index (χ2n) is 3.21. The SMILES string of the molecule is OCCC[C@H](O)Cc1ccccc1. The fourth-order valence-electron chi connectivity index (χ4n) is 1.32. The van der Waals surface area contributed by atoms with Gasteiger partial charge < -0.3 is 10.2 Å². The average molecular weight is 180 g/mol. The molecule has 13 heavy (non-hydrogen) atoms. The minimum Gasteiger partial charge on any atom is -0.396 e. The maximum atomic E-state index is 9.52. The molecule has 0 saturated carbocycles. The fourth-order valence-corrected chi connectivity index (χ4v) is 1.32. The standard InChI is InChI=1S/C11H16O2/c12-8-4-7-11(13)9-10-5-2-1-3-6-10/h1-3,5-6,11-13H,4,7-9H2/t11-/m0/s1. The van der Waals surface area contributed by atoms with Gasteiger partial charge in [0.1, 0.15) is 0 Å². The number of aliphatic hydroxyl groups is 2. The Hall–Kier alpha value is -0.860. The first-order chi connectivity index (χ1) is 6.33. The summed E-state index contributed by atoms with van der Waals surface area (Å²) in [4.78, 5) is 0. The zero-order chi connectivity index (χ0) is 9.52. The van der Waals surface area contributed by atoms with Crippen molar-refractivity contribution in [3.05, 3.63) is 35.9 Å². The number of benzene rings is 1. The van der Waals surface area contributed by atoms with Gasteiger partial charge in [-0.2, -0.15) is 0 Å². The number of rotatable bonds is 5. The van der Waals surface area contributed by atoms with Crippen molar-refractivity contribution in [2.75, 3.05) is 6.61 Å². The van der Waals surface area contributed by atoms with Crippen molar-refractivity contribution in [1.82, 2.24) is 0 Å². The molecule has 0 aromatic heterocycles. The highest BCUT2D eigenvalue weighted by atomic mass is 16.3. The molecule has 0 saturated heterocycles. The molecule has 0 fully saturated rings. The van der Waals surface area contributed by atoms with E-state index in [1.807, 2.05) is 30.3 Å². The summed E-state index contributed by atoms with van der Waals surface area (Å²) >= 11 is 0. The van der Waals surface area contributed by atoms with E-state index in [2.05, 4.69) is 0 Å². The third-order valence-corrected chi connectivity index (χ3v) is 2.01. The monoisotopic (exact) mass is 180 g/mol. The van der Waals surface area contributed by atoms with Gasteiger partial charge >= 0.3 is 0 Å². The van der Waals surface area contributed by atoms with Gasteiger partial charge in [0, 0.05) is 6.61 Å². The molecule has 0 aliphatic carbocycles. The fraction of sp³-hybridized carbons (Fsp3) is 0.455. The van der Waals surface area contributed by atoms with Crippen LogP contribution in [0.5, 0.6) is 0 Å². The molecule has 1 aromatic rings. The molecule has 2 N–H and O–H groups in total. The largest absolute Gasteiger partial charge is 0.396 e. The minimum absolute atomic E-state index is 0.159. The number of aliphatic hydroxyl groups excluding tert-OH is 2. The van der Waals surface area contributed by atoms with Crippen LogP contribution >= 0.6 is 0 Å². The van der Waals surface area contributed by atoms with Crippen LogP contribution in [0.4, 0.5) is 0 Å². The predicted molar refractivity (Wildman–Crippen MR) is 52.5 cm³/mol. The number of hydrogen-bond acceptors (Lipinski definition) is 2. The molecule has 0 unspecified atom stereocenters. The van der Waals surface area contributed by atoms with E-state index in [0.717, 1.165) is 5.56 Å². The molecule has 1 atom stereocenters. The Bertz CT molecular complexity index is 221. The third kappa shape index (κ3) is 4.06. The van der Waals surface area contributed by atoms with Gasteiger partial charge in [-0.25, -0.2) is 0 Å². The van der Waals surface area contributed by atoms with E-state index in [1.165, 1.54) is 0 Å². The molecule has 2 heteroatoms. The summed E-state index contributed by atoms with van der Waals surface area (Å²) in [7, 11) is 0. The second-order valence-corrected chi connectivity index (χ2v) is 3.21. The smallest absolute Gasteiger partial charge is 0.0581 e. The molecule has 0 radical (unpaired) electrons. The Morgan fingerprint density at radius 3 is 2.46 bits per heavy atom. The quantitative estimate of drug-likeness (QED) is 0.718. The molecular weight excluding hydrogens is 164 g/mol. The summed E-state index contributed by atoms with van der Waals surface area (Å²) in [5.41, 5.74) is 1.15. The molecule has 2 nitrogen and oxygen atoms in total. The Kier molecular flexibility index (Phi) is 4.50. The van der Waals surface area contributed by atoms with Gasteiger partial charge in [-0.3, -0.25) is 0 Å². The molecule has 0 spiro atoms. The van der Waals surface area contributed by atoms with Gasteiger partial charge in [0.2, 0.25) is 0 Å². The molecule has 1 aromatic carbocycles. The zero-order valence-corrected chi connectivity index (χ0v) is 7.69. The van der Waals surface area contributed by atoms with Crippen molar-refractivity contribution in [3.63, 3.8) is 0 Å². The first kappa shape index (κ1) is 10.2. The summed E-state index contributed by atoms with van der Waals surface area (Å²) in [6.07, 6.45) is 1.70. The molecule has 0 aliphatic heterocycles. The van der Waals surface area contributed by atoms with E-state index < -0.39 is 0 Å². The van der Waals surface area contributed by atoms with Gasteiger partial charge in [-0.05, 0) is 24.8 Å². The molecule has 0 amide bonds. The summed E-state index contributed by atoms with van der Waals surface area (Å²) in [6.45, 7) is 0.159. The van der Waals surface area contributed by atoms with Crippen molar-refractivity contribution >= 4 is 0 Å². The lowest BCUT2D eigenvalue weighted by molar-refractivity contribution is 0.150. The van der Waals surface area contributed by atoms with E-state index in [1.54, 1.807) is 0 Å². The third-order valence-electron chi connectivity index (χ3n) is 2.01. The summed E-state index contributed by atoms with van der Waals surface area (Å²) in [5.74, 6) is 0. The molecule has 0 aliphatic rings. The van der Waals surface area contributed by atoms with Crippen molar-refractivity contribution in [2.24, 2.45) is 0 Å². The summed E-state index contributed by atoms with van der Waals surface area (Å²) in [6, 6.07) is 9.90. The van der Waals surface area contributed by atoms with Crippen LogP contribution in [-0.4, -0.2) is 22.9 Å². The van der Waals surface area contributed by atoms with E-state index in [4.69, 9.17) is 5.11 Å². The van der Waals surface area contributed by atoms with Crippen LogP contribution < -0.4 is 0 Å². The lowest BCUT2D eigenvalue weighted by atomic mass is 10.0. The van der Waals surface area contributed by atoms with Gasteiger partial charge in [0.15, 0.2) is 0 Å². The first-order valence-corrected chi connectivity index (χ1v) is 4.66. The molecule has 1 rings (SSSR count).